The van der Waals surface area contributed by atoms with Gasteiger partial charge in [-0.05, 0) is 47.5 Å². The van der Waals surface area contributed by atoms with Crippen molar-refractivity contribution in [2.45, 2.75) is 20.4 Å². The molecule has 1 aromatic heterocycles. The lowest BCUT2D eigenvalue weighted by atomic mass is 10.2. The maximum atomic E-state index is 13.1. The highest BCUT2D eigenvalue weighted by Gasteiger charge is 2.11. The SMILES string of the molecule is Cc1nn(Cc2ccc(F)c(Br)c2)c(C)c1C=O. The predicted octanol–water partition coefficient (Wildman–Crippen LogP) is 3.26. The molecule has 0 unspecified atom stereocenters. The van der Waals surface area contributed by atoms with E-state index >= 15 is 0 Å². The van der Waals surface area contributed by atoms with Crippen molar-refractivity contribution in [3.63, 3.8) is 0 Å². The Morgan fingerprint density at radius 2 is 2.17 bits per heavy atom. The van der Waals surface area contributed by atoms with Crippen LogP contribution in [0.4, 0.5) is 4.39 Å². The fraction of sp³-hybridized carbons (Fsp3) is 0.231. The molecule has 1 aromatic carbocycles. The predicted molar refractivity (Wildman–Crippen MR) is 70.3 cm³/mol. The van der Waals surface area contributed by atoms with Crippen LogP contribution in [-0.2, 0) is 6.54 Å². The number of rotatable bonds is 3. The van der Waals surface area contributed by atoms with Crippen LogP contribution >= 0.6 is 15.9 Å². The molecule has 0 fully saturated rings. The van der Waals surface area contributed by atoms with Crippen molar-refractivity contribution in [3.8, 4) is 0 Å². The third kappa shape index (κ3) is 2.36. The summed E-state index contributed by atoms with van der Waals surface area (Å²) in [6.07, 6.45) is 0.814. The first-order valence-corrected chi connectivity index (χ1v) is 6.25. The van der Waals surface area contributed by atoms with Crippen molar-refractivity contribution in [2.24, 2.45) is 0 Å². The Morgan fingerprint density at radius 3 is 2.72 bits per heavy atom. The van der Waals surface area contributed by atoms with Crippen molar-refractivity contribution < 1.29 is 9.18 Å². The average molecular weight is 311 g/mol. The summed E-state index contributed by atoms with van der Waals surface area (Å²) in [7, 11) is 0. The second kappa shape index (κ2) is 5.02. The average Bonchev–Trinajstić information content (AvgIpc) is 2.59. The van der Waals surface area contributed by atoms with Gasteiger partial charge in [-0.3, -0.25) is 9.48 Å². The number of hydrogen-bond donors (Lipinski definition) is 0. The standard InChI is InChI=1S/C13H12BrFN2O/c1-8-11(7-18)9(2)17(16-8)6-10-3-4-13(15)12(14)5-10/h3-5,7H,6H2,1-2H3. The summed E-state index contributed by atoms with van der Waals surface area (Å²) in [6, 6.07) is 4.83. The highest BCUT2D eigenvalue weighted by Crippen LogP contribution is 2.18. The maximum Gasteiger partial charge on any atom is 0.153 e. The van der Waals surface area contributed by atoms with Crippen LogP contribution < -0.4 is 0 Å². The highest BCUT2D eigenvalue weighted by atomic mass is 79.9. The number of carbonyl (C=O) groups excluding carboxylic acids is 1. The molecule has 0 saturated carbocycles. The van der Waals surface area contributed by atoms with Crippen molar-refractivity contribution in [3.05, 3.63) is 51.0 Å². The first-order valence-electron chi connectivity index (χ1n) is 5.46. The van der Waals surface area contributed by atoms with Crippen LogP contribution in [0.2, 0.25) is 0 Å². The van der Waals surface area contributed by atoms with Gasteiger partial charge in [0.2, 0.25) is 0 Å². The third-order valence-corrected chi connectivity index (χ3v) is 3.48. The molecule has 0 aliphatic rings. The van der Waals surface area contributed by atoms with Gasteiger partial charge in [0.15, 0.2) is 6.29 Å². The normalized spacial score (nSPS) is 10.7. The van der Waals surface area contributed by atoms with Crippen molar-refractivity contribution in [1.82, 2.24) is 9.78 Å². The Bertz CT molecular complexity index is 607. The van der Waals surface area contributed by atoms with Gasteiger partial charge < -0.3 is 0 Å². The Morgan fingerprint density at radius 1 is 1.44 bits per heavy atom. The van der Waals surface area contributed by atoms with Gasteiger partial charge in [0.1, 0.15) is 5.82 Å². The zero-order valence-corrected chi connectivity index (χ0v) is 11.7. The second-order valence-corrected chi connectivity index (χ2v) is 4.96. The lowest BCUT2D eigenvalue weighted by Crippen LogP contribution is -2.04. The quantitative estimate of drug-likeness (QED) is 0.816. The lowest BCUT2D eigenvalue weighted by Gasteiger charge is -2.05. The maximum absolute atomic E-state index is 13.1. The zero-order chi connectivity index (χ0) is 13.3. The summed E-state index contributed by atoms with van der Waals surface area (Å²) < 4.78 is 15.3. The lowest BCUT2D eigenvalue weighted by molar-refractivity contribution is 0.112. The van der Waals surface area contributed by atoms with Crippen LogP contribution in [0.1, 0.15) is 27.3 Å². The number of aromatic nitrogens is 2. The molecular weight excluding hydrogens is 299 g/mol. The summed E-state index contributed by atoms with van der Waals surface area (Å²) in [4.78, 5) is 10.9. The number of carbonyl (C=O) groups is 1. The van der Waals surface area contributed by atoms with E-state index in [9.17, 15) is 9.18 Å². The van der Waals surface area contributed by atoms with E-state index in [1.807, 2.05) is 6.92 Å². The van der Waals surface area contributed by atoms with Crippen molar-refractivity contribution >= 4 is 22.2 Å². The first kappa shape index (κ1) is 13.0. The Kier molecular flexibility index (Phi) is 3.61. The number of aldehydes is 1. The van der Waals surface area contributed by atoms with Crippen LogP contribution in [0.25, 0.3) is 0 Å². The minimum absolute atomic E-state index is 0.291. The number of hydrogen-bond acceptors (Lipinski definition) is 2. The molecule has 0 spiro atoms. The Balaban J connectivity index is 2.34. The van der Waals surface area contributed by atoms with E-state index < -0.39 is 0 Å². The minimum atomic E-state index is -0.291. The molecule has 1 heterocycles. The van der Waals surface area contributed by atoms with Crippen LogP contribution in [-0.4, -0.2) is 16.1 Å². The summed E-state index contributed by atoms with van der Waals surface area (Å²) >= 11 is 3.15. The molecule has 3 nitrogen and oxygen atoms in total. The summed E-state index contributed by atoms with van der Waals surface area (Å²) in [5.41, 5.74) is 3.08. The summed E-state index contributed by atoms with van der Waals surface area (Å²) in [5.74, 6) is -0.291. The number of benzene rings is 1. The Hall–Kier alpha value is -1.49. The fourth-order valence-electron chi connectivity index (χ4n) is 1.85. The molecule has 94 valence electrons. The number of halogens is 2. The van der Waals surface area contributed by atoms with Gasteiger partial charge in [0.05, 0.1) is 22.3 Å². The highest BCUT2D eigenvalue weighted by molar-refractivity contribution is 9.10. The first-order chi connectivity index (χ1) is 8.52. The van der Waals surface area contributed by atoms with Gasteiger partial charge in [0.25, 0.3) is 0 Å². The van der Waals surface area contributed by atoms with Gasteiger partial charge in [-0.1, -0.05) is 6.07 Å². The van der Waals surface area contributed by atoms with E-state index in [4.69, 9.17) is 0 Å². The van der Waals surface area contributed by atoms with E-state index in [-0.39, 0.29) is 5.82 Å². The van der Waals surface area contributed by atoms with Crippen molar-refractivity contribution in [2.75, 3.05) is 0 Å². The second-order valence-electron chi connectivity index (χ2n) is 4.11. The summed E-state index contributed by atoms with van der Waals surface area (Å²) in [6.45, 7) is 4.16. The molecule has 0 saturated heterocycles. The molecule has 0 aliphatic heterocycles. The van der Waals surface area contributed by atoms with Gasteiger partial charge >= 0.3 is 0 Å². The molecular formula is C13H12BrFN2O. The van der Waals surface area contributed by atoms with Crippen LogP contribution in [0.3, 0.4) is 0 Å². The van der Waals surface area contributed by atoms with Crippen LogP contribution in [0.15, 0.2) is 22.7 Å². The minimum Gasteiger partial charge on any atom is -0.298 e. The molecule has 0 bridgehead atoms. The number of nitrogens with zero attached hydrogens (tertiary/aromatic N) is 2. The molecule has 0 atom stereocenters. The summed E-state index contributed by atoms with van der Waals surface area (Å²) in [5, 5.41) is 4.30. The monoisotopic (exact) mass is 310 g/mol. The van der Waals surface area contributed by atoms with Gasteiger partial charge in [-0.2, -0.15) is 5.10 Å². The fourth-order valence-corrected chi connectivity index (χ4v) is 2.27. The molecule has 0 radical (unpaired) electrons. The molecule has 0 aliphatic carbocycles. The van der Waals surface area contributed by atoms with Gasteiger partial charge in [-0.25, -0.2) is 4.39 Å². The van der Waals surface area contributed by atoms with Gasteiger partial charge in [-0.15, -0.1) is 0 Å². The Labute approximate surface area is 113 Å². The largest absolute Gasteiger partial charge is 0.298 e. The van der Waals surface area contributed by atoms with Crippen molar-refractivity contribution in [1.29, 1.82) is 0 Å². The van der Waals surface area contributed by atoms with Gasteiger partial charge in [0, 0.05) is 5.69 Å². The van der Waals surface area contributed by atoms with Crippen LogP contribution in [0.5, 0.6) is 0 Å². The molecule has 0 N–H and O–H groups in total. The third-order valence-electron chi connectivity index (χ3n) is 2.87. The molecule has 5 heteroatoms. The van der Waals surface area contributed by atoms with E-state index in [1.165, 1.54) is 6.07 Å². The van der Waals surface area contributed by atoms with E-state index in [2.05, 4.69) is 21.0 Å². The molecule has 18 heavy (non-hydrogen) atoms. The van der Waals surface area contributed by atoms with E-state index in [0.717, 1.165) is 17.5 Å². The van der Waals surface area contributed by atoms with Crippen LogP contribution in [0, 0.1) is 19.7 Å². The molecule has 2 rings (SSSR count). The number of aryl methyl sites for hydroxylation is 1. The zero-order valence-electron chi connectivity index (χ0n) is 10.1. The topological polar surface area (TPSA) is 34.9 Å². The van der Waals surface area contributed by atoms with E-state index in [1.54, 1.807) is 23.7 Å². The molecule has 2 aromatic rings. The van der Waals surface area contributed by atoms with E-state index in [0.29, 0.717) is 22.3 Å². The molecule has 0 amide bonds. The smallest absolute Gasteiger partial charge is 0.153 e.